The van der Waals surface area contributed by atoms with Gasteiger partial charge >= 0.3 is 0 Å². The third-order valence-corrected chi connectivity index (χ3v) is 5.27. The maximum absolute atomic E-state index is 12.2. The average molecular weight is 509 g/mol. The van der Waals surface area contributed by atoms with Crippen LogP contribution < -0.4 is 10.6 Å². The molecule has 0 radical (unpaired) electrons. The van der Waals surface area contributed by atoms with Crippen LogP contribution in [0.4, 0.5) is 0 Å². The highest BCUT2D eigenvalue weighted by Gasteiger charge is 2.38. The van der Waals surface area contributed by atoms with Gasteiger partial charge in [0.2, 0.25) is 11.8 Å². The van der Waals surface area contributed by atoms with Crippen molar-refractivity contribution in [3.05, 3.63) is 96.1 Å². The van der Waals surface area contributed by atoms with Crippen molar-refractivity contribution in [3.8, 4) is 0 Å². The summed E-state index contributed by atoms with van der Waals surface area (Å²) in [5.41, 5.74) is -2.13. The molecule has 0 aromatic carbocycles. The minimum atomic E-state index is -1.90. The minimum Gasteiger partial charge on any atom is -0.510 e. The lowest BCUT2D eigenvalue weighted by molar-refractivity contribution is -0.124. The molecule has 2 aliphatic carbocycles. The summed E-state index contributed by atoms with van der Waals surface area (Å²) in [6, 6.07) is 0. The Hall–Kier alpha value is -4.08. The third-order valence-electron chi connectivity index (χ3n) is 5.27. The highest BCUT2D eigenvalue weighted by atomic mass is 16.3. The van der Waals surface area contributed by atoms with Gasteiger partial charge in [-0.1, -0.05) is 68.5 Å². The summed E-state index contributed by atoms with van der Waals surface area (Å²) in [7, 11) is 0. The lowest BCUT2D eigenvalue weighted by Gasteiger charge is -2.31. The first-order valence-electron chi connectivity index (χ1n) is 11.8. The molecule has 0 fully saturated rings. The van der Waals surface area contributed by atoms with E-state index in [1.54, 1.807) is 12.2 Å². The van der Waals surface area contributed by atoms with Gasteiger partial charge in [-0.2, -0.15) is 0 Å². The molecule has 2 amide bonds. The predicted octanol–water partition coefficient (Wildman–Crippen LogP) is 2.29. The molecule has 0 saturated carbocycles. The van der Waals surface area contributed by atoms with Crippen LogP contribution in [0.5, 0.6) is 0 Å². The summed E-state index contributed by atoms with van der Waals surface area (Å²) < 4.78 is 0. The first-order valence-corrected chi connectivity index (χ1v) is 11.8. The van der Waals surface area contributed by atoms with E-state index >= 15 is 0 Å². The number of aliphatic hydroxyl groups excluding tert-OH is 2. The van der Waals surface area contributed by atoms with Gasteiger partial charge in [0.15, 0.2) is 11.6 Å². The largest absolute Gasteiger partial charge is 0.510 e. The molecule has 2 atom stereocenters. The molecule has 0 aliphatic heterocycles. The Morgan fingerprint density at radius 1 is 0.919 bits per heavy atom. The molecular formula is C28H32N2O7. The highest BCUT2D eigenvalue weighted by Crippen LogP contribution is 2.25. The zero-order valence-electron chi connectivity index (χ0n) is 20.8. The SMILES string of the molecule is CC(C)C=CC=CC=CC(=O)NC1=CC(O)(C=CC=CC=CC(=O)NC2=C(O)CCC2=O)C(O)CC1=O. The summed E-state index contributed by atoms with van der Waals surface area (Å²) in [4.78, 5) is 47.8. The van der Waals surface area contributed by atoms with Crippen LogP contribution in [-0.2, 0) is 19.2 Å². The van der Waals surface area contributed by atoms with Gasteiger partial charge in [-0.3, -0.25) is 19.2 Å². The van der Waals surface area contributed by atoms with Gasteiger partial charge in [0, 0.05) is 31.4 Å². The number of aliphatic hydroxyl groups is 3. The van der Waals surface area contributed by atoms with Crippen LogP contribution in [0.3, 0.4) is 0 Å². The monoisotopic (exact) mass is 508 g/mol. The number of amides is 2. The fourth-order valence-corrected chi connectivity index (χ4v) is 3.28. The maximum Gasteiger partial charge on any atom is 0.248 e. The van der Waals surface area contributed by atoms with Crippen LogP contribution in [0.2, 0.25) is 0 Å². The summed E-state index contributed by atoms with van der Waals surface area (Å²) in [6.45, 7) is 4.08. The second kappa shape index (κ2) is 13.9. The Morgan fingerprint density at radius 2 is 1.51 bits per heavy atom. The molecule has 0 aromatic heterocycles. The van der Waals surface area contributed by atoms with Crippen LogP contribution in [0.1, 0.15) is 33.1 Å². The van der Waals surface area contributed by atoms with Gasteiger partial charge in [0.1, 0.15) is 17.1 Å². The number of Topliss-reactive ketones (excluding diaryl/α,β-unsaturated/α-hetero) is 2. The first kappa shape index (κ1) is 29.2. The standard InChI is InChI=1S/C28H32N2O7/c1-19(2)11-7-3-4-8-12-25(35)29-20-18-28(37,24(34)17-23(20)33)16-10-6-5-9-13-26(36)30-27-21(31)14-15-22(27)32/h3-13,16,18-19,24,31,34,37H,14-15,17H2,1-2H3,(H,29,35)(H,30,36). The number of carbonyl (C=O) groups excluding carboxylic acids is 4. The van der Waals surface area contributed by atoms with Crippen molar-refractivity contribution in [2.24, 2.45) is 5.92 Å². The van der Waals surface area contributed by atoms with Crippen LogP contribution in [0.15, 0.2) is 96.1 Å². The Balaban J connectivity index is 1.96. The molecule has 0 heterocycles. The molecule has 9 nitrogen and oxygen atoms in total. The number of carbonyl (C=O) groups is 4. The quantitative estimate of drug-likeness (QED) is 0.224. The van der Waals surface area contributed by atoms with Gasteiger partial charge < -0.3 is 26.0 Å². The molecule has 0 spiro atoms. The number of hydrogen-bond donors (Lipinski definition) is 5. The van der Waals surface area contributed by atoms with E-state index in [1.165, 1.54) is 42.5 Å². The van der Waals surface area contributed by atoms with E-state index in [9.17, 15) is 34.5 Å². The van der Waals surface area contributed by atoms with Crippen LogP contribution in [0, 0.1) is 5.92 Å². The summed E-state index contributed by atoms with van der Waals surface area (Å²) in [6.07, 6.45) is 17.8. The third kappa shape index (κ3) is 9.47. The van der Waals surface area contributed by atoms with Crippen molar-refractivity contribution in [2.75, 3.05) is 0 Å². The lowest BCUT2D eigenvalue weighted by atomic mass is 9.85. The fraction of sp³-hybridized carbons (Fsp3) is 0.286. The van der Waals surface area contributed by atoms with Gasteiger partial charge in [-0.25, -0.2) is 0 Å². The Morgan fingerprint density at radius 3 is 2.11 bits per heavy atom. The van der Waals surface area contributed by atoms with Crippen molar-refractivity contribution in [2.45, 2.75) is 44.8 Å². The van der Waals surface area contributed by atoms with E-state index in [0.29, 0.717) is 5.92 Å². The molecule has 37 heavy (non-hydrogen) atoms. The van der Waals surface area contributed by atoms with Crippen molar-refractivity contribution < 1.29 is 34.5 Å². The molecular weight excluding hydrogens is 476 g/mol. The lowest BCUT2D eigenvalue weighted by Crippen LogP contribution is -2.46. The number of rotatable bonds is 10. The van der Waals surface area contributed by atoms with Crippen LogP contribution in [-0.4, -0.2) is 50.4 Å². The number of nitrogens with one attached hydrogen (secondary N) is 2. The smallest absolute Gasteiger partial charge is 0.248 e. The normalized spacial score (nSPS) is 23.3. The van der Waals surface area contributed by atoms with Crippen LogP contribution in [0.25, 0.3) is 0 Å². The summed E-state index contributed by atoms with van der Waals surface area (Å²) in [5.74, 6) is -1.74. The summed E-state index contributed by atoms with van der Waals surface area (Å²) in [5, 5.41) is 35.3. The van der Waals surface area contributed by atoms with Crippen molar-refractivity contribution >= 4 is 23.4 Å². The number of hydrogen-bond acceptors (Lipinski definition) is 7. The molecule has 0 aromatic rings. The number of ketones is 2. The van der Waals surface area contributed by atoms with Crippen molar-refractivity contribution in [3.63, 3.8) is 0 Å². The van der Waals surface area contributed by atoms with E-state index < -0.39 is 29.3 Å². The molecule has 196 valence electrons. The van der Waals surface area contributed by atoms with E-state index in [0.717, 1.165) is 12.2 Å². The zero-order valence-corrected chi connectivity index (χ0v) is 20.8. The second-order valence-corrected chi connectivity index (χ2v) is 8.79. The molecule has 0 saturated heterocycles. The van der Waals surface area contributed by atoms with E-state index in [1.807, 2.05) is 26.0 Å². The van der Waals surface area contributed by atoms with Crippen molar-refractivity contribution in [1.82, 2.24) is 10.6 Å². The highest BCUT2D eigenvalue weighted by molar-refractivity contribution is 6.03. The van der Waals surface area contributed by atoms with E-state index in [-0.39, 0.29) is 42.2 Å². The van der Waals surface area contributed by atoms with E-state index in [4.69, 9.17) is 0 Å². The minimum absolute atomic E-state index is 0.0954. The van der Waals surface area contributed by atoms with E-state index in [2.05, 4.69) is 10.6 Å². The topological polar surface area (TPSA) is 153 Å². The van der Waals surface area contributed by atoms with Gasteiger partial charge in [0.05, 0.1) is 11.8 Å². The molecule has 2 unspecified atom stereocenters. The summed E-state index contributed by atoms with van der Waals surface area (Å²) >= 11 is 0. The Labute approximate surface area is 215 Å². The van der Waals surface area contributed by atoms with Gasteiger partial charge in [0.25, 0.3) is 0 Å². The predicted molar refractivity (Wildman–Crippen MR) is 139 cm³/mol. The molecule has 2 rings (SSSR count). The molecule has 2 aliphatic rings. The van der Waals surface area contributed by atoms with Gasteiger partial charge in [-0.15, -0.1) is 0 Å². The Kier molecular flexibility index (Phi) is 10.9. The first-order chi connectivity index (χ1) is 17.5. The number of allylic oxidation sites excluding steroid dienone is 12. The zero-order chi connectivity index (χ0) is 27.4. The maximum atomic E-state index is 12.2. The van der Waals surface area contributed by atoms with Gasteiger partial charge in [-0.05, 0) is 18.1 Å². The fourth-order valence-electron chi connectivity index (χ4n) is 3.28. The molecule has 5 N–H and O–H groups in total. The average Bonchev–Trinajstić information content (AvgIpc) is 3.14. The Bertz CT molecular complexity index is 1150. The van der Waals surface area contributed by atoms with Crippen LogP contribution >= 0.6 is 0 Å². The van der Waals surface area contributed by atoms with Crippen molar-refractivity contribution in [1.29, 1.82) is 0 Å². The molecule has 9 heteroatoms. The molecule has 0 bridgehead atoms. The second-order valence-electron chi connectivity index (χ2n) is 8.79.